The zero-order chi connectivity index (χ0) is 11.8. The lowest BCUT2D eigenvalue weighted by Crippen LogP contribution is -2.30. The second-order valence-electron chi connectivity index (χ2n) is 3.15. The van der Waals surface area contributed by atoms with Crippen molar-refractivity contribution in [2.24, 2.45) is 5.84 Å². The summed E-state index contributed by atoms with van der Waals surface area (Å²) >= 11 is 1.73. The van der Waals surface area contributed by atoms with Crippen molar-refractivity contribution in [3.05, 3.63) is 23.7 Å². The highest BCUT2D eigenvalue weighted by molar-refractivity contribution is 7.98. The first-order chi connectivity index (χ1) is 7.79. The summed E-state index contributed by atoms with van der Waals surface area (Å²) in [4.78, 5) is 11.3. The first-order valence-electron chi connectivity index (χ1n) is 4.93. The maximum absolute atomic E-state index is 11.3. The van der Waals surface area contributed by atoms with Crippen LogP contribution in [0.15, 0.2) is 16.7 Å². The molecule has 0 aromatic carbocycles. The number of thioether (sulfide) groups is 1. The SMILES string of the molecule is COCCCSCc1ccoc1C(=O)NN. The minimum atomic E-state index is -0.391. The molecule has 0 aliphatic rings. The summed E-state index contributed by atoms with van der Waals surface area (Å²) < 4.78 is 10.0. The van der Waals surface area contributed by atoms with Gasteiger partial charge in [-0.3, -0.25) is 10.2 Å². The number of nitrogens with one attached hydrogen (secondary N) is 1. The molecule has 0 atom stereocenters. The monoisotopic (exact) mass is 244 g/mol. The molecular formula is C10H16N2O3S. The lowest BCUT2D eigenvalue weighted by Gasteiger charge is -2.01. The molecule has 1 heterocycles. The third-order valence-corrected chi connectivity index (χ3v) is 3.07. The lowest BCUT2D eigenvalue weighted by atomic mass is 10.3. The predicted octanol–water partition coefficient (Wildman–Crippen LogP) is 1.15. The van der Waals surface area contributed by atoms with Gasteiger partial charge in [0.1, 0.15) is 0 Å². The third-order valence-electron chi connectivity index (χ3n) is 1.98. The van der Waals surface area contributed by atoms with Crippen LogP contribution in [0.5, 0.6) is 0 Å². The minimum absolute atomic E-state index is 0.293. The number of furan rings is 1. The quantitative estimate of drug-likeness (QED) is 0.325. The molecule has 0 saturated heterocycles. The van der Waals surface area contributed by atoms with Crippen LogP contribution in [0.2, 0.25) is 0 Å². The van der Waals surface area contributed by atoms with Crippen molar-refractivity contribution >= 4 is 17.7 Å². The topological polar surface area (TPSA) is 77.5 Å². The van der Waals surface area contributed by atoms with Gasteiger partial charge < -0.3 is 9.15 Å². The van der Waals surface area contributed by atoms with Gasteiger partial charge in [-0.2, -0.15) is 11.8 Å². The van der Waals surface area contributed by atoms with E-state index in [-0.39, 0.29) is 0 Å². The van der Waals surface area contributed by atoms with Crippen molar-refractivity contribution in [3.8, 4) is 0 Å². The molecule has 0 aliphatic carbocycles. The fraction of sp³-hybridized carbons (Fsp3) is 0.500. The van der Waals surface area contributed by atoms with E-state index in [1.54, 1.807) is 24.9 Å². The number of hydrazine groups is 1. The molecule has 0 bridgehead atoms. The molecule has 1 rings (SSSR count). The summed E-state index contributed by atoms with van der Waals surface area (Å²) in [6.45, 7) is 0.758. The Morgan fingerprint density at radius 2 is 2.50 bits per heavy atom. The minimum Gasteiger partial charge on any atom is -0.459 e. The fourth-order valence-corrected chi connectivity index (χ4v) is 2.12. The number of hydrogen-bond donors (Lipinski definition) is 2. The number of amides is 1. The van der Waals surface area contributed by atoms with E-state index in [4.69, 9.17) is 15.0 Å². The zero-order valence-electron chi connectivity index (χ0n) is 9.19. The van der Waals surface area contributed by atoms with E-state index in [0.29, 0.717) is 5.76 Å². The fourth-order valence-electron chi connectivity index (χ4n) is 1.20. The highest BCUT2D eigenvalue weighted by Crippen LogP contribution is 2.18. The van der Waals surface area contributed by atoms with Gasteiger partial charge in [-0.1, -0.05) is 0 Å². The molecule has 0 spiro atoms. The Labute approximate surface area is 98.7 Å². The van der Waals surface area contributed by atoms with E-state index in [1.165, 1.54) is 6.26 Å². The van der Waals surface area contributed by atoms with Crippen LogP contribution >= 0.6 is 11.8 Å². The average Bonchev–Trinajstić information content (AvgIpc) is 2.76. The van der Waals surface area contributed by atoms with Crippen molar-refractivity contribution in [2.75, 3.05) is 19.5 Å². The number of nitrogen functional groups attached to an aromatic ring is 1. The Kier molecular flexibility index (Phi) is 5.99. The highest BCUT2D eigenvalue weighted by atomic mass is 32.2. The first-order valence-corrected chi connectivity index (χ1v) is 6.09. The van der Waals surface area contributed by atoms with Gasteiger partial charge in [0.2, 0.25) is 0 Å². The number of hydrogen-bond acceptors (Lipinski definition) is 5. The summed E-state index contributed by atoms with van der Waals surface area (Å²) in [6.07, 6.45) is 2.49. The van der Waals surface area contributed by atoms with E-state index in [9.17, 15) is 4.79 Å². The van der Waals surface area contributed by atoms with Gasteiger partial charge in [0.05, 0.1) is 6.26 Å². The number of ether oxygens (including phenoxy) is 1. The van der Waals surface area contributed by atoms with Gasteiger partial charge in [-0.15, -0.1) is 0 Å². The molecule has 0 saturated carbocycles. The van der Waals surface area contributed by atoms with Crippen molar-refractivity contribution in [2.45, 2.75) is 12.2 Å². The number of methoxy groups -OCH3 is 1. The smallest absolute Gasteiger partial charge is 0.301 e. The number of carbonyl (C=O) groups is 1. The Balaban J connectivity index is 2.36. The molecule has 0 radical (unpaired) electrons. The Morgan fingerprint density at radius 1 is 1.69 bits per heavy atom. The summed E-state index contributed by atoms with van der Waals surface area (Å²) in [7, 11) is 1.68. The zero-order valence-corrected chi connectivity index (χ0v) is 10.0. The molecule has 90 valence electrons. The van der Waals surface area contributed by atoms with E-state index < -0.39 is 5.91 Å². The molecule has 1 amide bonds. The summed E-state index contributed by atoms with van der Waals surface area (Å²) in [6, 6.07) is 1.79. The summed E-state index contributed by atoms with van der Waals surface area (Å²) in [5.41, 5.74) is 2.92. The van der Waals surface area contributed by atoms with Gasteiger partial charge in [-0.05, 0) is 18.2 Å². The summed E-state index contributed by atoms with van der Waals surface area (Å²) in [5.74, 6) is 6.67. The van der Waals surface area contributed by atoms with E-state index in [0.717, 1.165) is 30.1 Å². The van der Waals surface area contributed by atoms with Gasteiger partial charge in [-0.25, -0.2) is 5.84 Å². The molecule has 5 nitrogen and oxygen atoms in total. The Morgan fingerprint density at radius 3 is 3.19 bits per heavy atom. The molecule has 16 heavy (non-hydrogen) atoms. The van der Waals surface area contributed by atoms with E-state index in [2.05, 4.69) is 5.43 Å². The number of rotatable bonds is 7. The summed E-state index contributed by atoms with van der Waals surface area (Å²) in [5, 5.41) is 0. The van der Waals surface area contributed by atoms with E-state index >= 15 is 0 Å². The lowest BCUT2D eigenvalue weighted by molar-refractivity contribution is 0.0925. The highest BCUT2D eigenvalue weighted by Gasteiger charge is 2.13. The molecule has 0 aliphatic heterocycles. The molecule has 6 heteroatoms. The van der Waals surface area contributed by atoms with Crippen LogP contribution in [0.4, 0.5) is 0 Å². The standard InChI is InChI=1S/C10H16N2O3S/c1-14-4-2-6-16-7-8-3-5-15-9(8)10(13)12-11/h3,5H,2,4,6-7,11H2,1H3,(H,12,13). The van der Waals surface area contributed by atoms with Gasteiger partial charge in [0.25, 0.3) is 0 Å². The first kappa shape index (κ1) is 13.1. The maximum atomic E-state index is 11.3. The largest absolute Gasteiger partial charge is 0.459 e. The molecule has 1 aromatic heterocycles. The molecule has 1 aromatic rings. The van der Waals surface area contributed by atoms with Crippen LogP contribution in [0, 0.1) is 0 Å². The van der Waals surface area contributed by atoms with Crippen molar-refractivity contribution in [1.29, 1.82) is 0 Å². The molecular weight excluding hydrogens is 228 g/mol. The second-order valence-corrected chi connectivity index (χ2v) is 4.25. The van der Waals surface area contributed by atoms with Gasteiger partial charge in [0, 0.05) is 25.0 Å². The molecule has 3 N–H and O–H groups in total. The average molecular weight is 244 g/mol. The predicted molar refractivity (Wildman–Crippen MR) is 63.0 cm³/mol. The van der Waals surface area contributed by atoms with Crippen molar-refractivity contribution in [3.63, 3.8) is 0 Å². The molecule has 0 unspecified atom stereocenters. The van der Waals surface area contributed by atoms with Crippen LogP contribution in [-0.2, 0) is 10.5 Å². The van der Waals surface area contributed by atoms with Gasteiger partial charge >= 0.3 is 5.91 Å². The van der Waals surface area contributed by atoms with Crippen LogP contribution in [0.1, 0.15) is 22.5 Å². The van der Waals surface area contributed by atoms with Crippen LogP contribution in [-0.4, -0.2) is 25.4 Å². The van der Waals surface area contributed by atoms with Crippen molar-refractivity contribution in [1.82, 2.24) is 5.43 Å². The second kappa shape index (κ2) is 7.32. The molecule has 0 fully saturated rings. The Bertz CT molecular complexity index is 328. The van der Waals surface area contributed by atoms with Crippen LogP contribution < -0.4 is 11.3 Å². The van der Waals surface area contributed by atoms with Crippen LogP contribution in [0.3, 0.4) is 0 Å². The number of nitrogens with two attached hydrogens (primary N) is 1. The third kappa shape index (κ3) is 3.88. The van der Waals surface area contributed by atoms with Crippen LogP contribution in [0.25, 0.3) is 0 Å². The van der Waals surface area contributed by atoms with Crippen molar-refractivity contribution < 1.29 is 13.9 Å². The van der Waals surface area contributed by atoms with E-state index in [1.807, 2.05) is 0 Å². The van der Waals surface area contributed by atoms with Gasteiger partial charge in [0.15, 0.2) is 5.76 Å². The number of carbonyl (C=O) groups excluding carboxylic acids is 1. The normalized spacial score (nSPS) is 10.4. The Hall–Kier alpha value is -0.980. The maximum Gasteiger partial charge on any atom is 0.301 e.